The zero-order valence-electron chi connectivity index (χ0n) is 9.70. The molecule has 6 heteroatoms. The number of amides is 1. The standard InChI is InChI=1S/C9H20N2O3S/c1-7(15(4,13)14)8(12)11-6-9(2,3)5-10/h7H,5-6,10H2,1-4H3,(H,11,12). The summed E-state index contributed by atoms with van der Waals surface area (Å²) in [7, 11) is -3.32. The Kier molecular flexibility index (Phi) is 4.73. The second-order valence-corrected chi connectivity index (χ2v) is 6.92. The maximum atomic E-state index is 11.4. The molecule has 3 N–H and O–H groups in total. The van der Waals surface area contributed by atoms with E-state index in [0.29, 0.717) is 13.1 Å². The smallest absolute Gasteiger partial charge is 0.238 e. The molecule has 5 nitrogen and oxygen atoms in total. The fraction of sp³-hybridized carbons (Fsp3) is 0.889. The number of sulfone groups is 1. The molecular formula is C9H20N2O3S. The van der Waals surface area contributed by atoms with E-state index in [1.165, 1.54) is 6.92 Å². The Morgan fingerprint density at radius 3 is 2.27 bits per heavy atom. The average Bonchev–Trinajstić information content (AvgIpc) is 2.11. The summed E-state index contributed by atoms with van der Waals surface area (Å²) in [5.74, 6) is -0.473. The fourth-order valence-electron chi connectivity index (χ4n) is 0.737. The van der Waals surface area contributed by atoms with E-state index in [1.54, 1.807) is 0 Å². The normalized spacial score (nSPS) is 14.7. The molecule has 0 aliphatic rings. The predicted octanol–water partition coefficient (Wildman–Crippen LogP) is -0.479. The molecule has 0 heterocycles. The first-order valence-electron chi connectivity index (χ1n) is 4.77. The van der Waals surface area contributed by atoms with Gasteiger partial charge in [-0.15, -0.1) is 0 Å². The molecule has 0 aromatic rings. The predicted molar refractivity (Wildman–Crippen MR) is 60.2 cm³/mol. The van der Waals surface area contributed by atoms with Crippen LogP contribution in [-0.4, -0.2) is 38.9 Å². The minimum atomic E-state index is -3.32. The summed E-state index contributed by atoms with van der Waals surface area (Å²) in [6.45, 7) is 5.99. The number of carbonyl (C=O) groups excluding carboxylic acids is 1. The van der Waals surface area contributed by atoms with Crippen LogP contribution in [0.2, 0.25) is 0 Å². The van der Waals surface area contributed by atoms with Crippen LogP contribution in [0.3, 0.4) is 0 Å². The van der Waals surface area contributed by atoms with Crippen LogP contribution >= 0.6 is 0 Å². The Bertz CT molecular complexity index is 322. The topological polar surface area (TPSA) is 89.3 Å². The van der Waals surface area contributed by atoms with Gasteiger partial charge >= 0.3 is 0 Å². The number of rotatable bonds is 5. The fourth-order valence-corrected chi connectivity index (χ4v) is 1.21. The van der Waals surface area contributed by atoms with E-state index in [0.717, 1.165) is 6.26 Å². The van der Waals surface area contributed by atoms with Gasteiger partial charge in [0.25, 0.3) is 0 Å². The third kappa shape index (κ3) is 5.13. The van der Waals surface area contributed by atoms with Crippen molar-refractivity contribution in [3.8, 4) is 0 Å². The molecule has 0 bridgehead atoms. The first kappa shape index (κ1) is 14.4. The first-order valence-corrected chi connectivity index (χ1v) is 6.72. The Morgan fingerprint density at radius 2 is 1.93 bits per heavy atom. The van der Waals surface area contributed by atoms with E-state index in [2.05, 4.69) is 5.32 Å². The molecule has 15 heavy (non-hydrogen) atoms. The van der Waals surface area contributed by atoms with Crippen LogP contribution in [0.25, 0.3) is 0 Å². The molecule has 1 amide bonds. The summed E-state index contributed by atoms with van der Waals surface area (Å²) in [6, 6.07) is 0. The summed E-state index contributed by atoms with van der Waals surface area (Å²) in [5.41, 5.74) is 5.27. The van der Waals surface area contributed by atoms with Crippen molar-refractivity contribution in [3.05, 3.63) is 0 Å². The van der Waals surface area contributed by atoms with Crippen LogP contribution in [0.5, 0.6) is 0 Å². The largest absolute Gasteiger partial charge is 0.354 e. The zero-order chi connectivity index (χ0) is 12.3. The number of nitrogens with one attached hydrogen (secondary N) is 1. The lowest BCUT2D eigenvalue weighted by Crippen LogP contribution is -2.43. The van der Waals surface area contributed by atoms with Gasteiger partial charge in [0.2, 0.25) is 5.91 Å². The van der Waals surface area contributed by atoms with Crippen molar-refractivity contribution in [3.63, 3.8) is 0 Å². The molecule has 0 spiro atoms. The molecule has 1 unspecified atom stereocenters. The van der Waals surface area contributed by atoms with Crippen molar-refractivity contribution in [1.29, 1.82) is 0 Å². The van der Waals surface area contributed by atoms with Gasteiger partial charge in [0.05, 0.1) is 0 Å². The van der Waals surface area contributed by atoms with Gasteiger partial charge in [-0.3, -0.25) is 4.79 Å². The van der Waals surface area contributed by atoms with Crippen LogP contribution in [0.1, 0.15) is 20.8 Å². The maximum Gasteiger partial charge on any atom is 0.238 e. The monoisotopic (exact) mass is 236 g/mol. The zero-order valence-corrected chi connectivity index (χ0v) is 10.5. The van der Waals surface area contributed by atoms with Crippen molar-refractivity contribution in [2.75, 3.05) is 19.3 Å². The van der Waals surface area contributed by atoms with Crippen LogP contribution in [0.4, 0.5) is 0 Å². The number of carbonyl (C=O) groups is 1. The van der Waals surface area contributed by atoms with Crippen LogP contribution < -0.4 is 11.1 Å². The van der Waals surface area contributed by atoms with Crippen molar-refractivity contribution < 1.29 is 13.2 Å². The van der Waals surface area contributed by atoms with Gasteiger partial charge in [0, 0.05) is 12.8 Å². The highest BCUT2D eigenvalue weighted by molar-refractivity contribution is 7.92. The lowest BCUT2D eigenvalue weighted by molar-refractivity contribution is -0.120. The van der Waals surface area contributed by atoms with Crippen molar-refractivity contribution in [1.82, 2.24) is 5.32 Å². The highest BCUT2D eigenvalue weighted by Gasteiger charge is 2.25. The third-order valence-electron chi connectivity index (χ3n) is 2.31. The Balaban J connectivity index is 4.29. The third-order valence-corrected chi connectivity index (χ3v) is 3.80. The Morgan fingerprint density at radius 1 is 1.47 bits per heavy atom. The summed E-state index contributed by atoms with van der Waals surface area (Å²) in [5, 5.41) is 1.57. The molecule has 0 saturated carbocycles. The summed E-state index contributed by atoms with van der Waals surface area (Å²) >= 11 is 0. The molecule has 0 aromatic heterocycles. The van der Waals surface area contributed by atoms with Crippen LogP contribution in [0, 0.1) is 5.41 Å². The van der Waals surface area contributed by atoms with E-state index in [9.17, 15) is 13.2 Å². The summed E-state index contributed by atoms with van der Waals surface area (Å²) in [6.07, 6.45) is 1.05. The van der Waals surface area contributed by atoms with E-state index in [4.69, 9.17) is 5.73 Å². The summed E-state index contributed by atoms with van der Waals surface area (Å²) < 4.78 is 22.2. The SMILES string of the molecule is CC(C(=O)NCC(C)(C)CN)S(C)(=O)=O. The average molecular weight is 236 g/mol. The molecule has 0 saturated heterocycles. The van der Waals surface area contributed by atoms with Gasteiger partial charge in [0.15, 0.2) is 9.84 Å². The second kappa shape index (κ2) is 4.94. The van der Waals surface area contributed by atoms with Crippen molar-refractivity contribution >= 4 is 15.7 Å². The lowest BCUT2D eigenvalue weighted by atomic mass is 9.94. The highest BCUT2D eigenvalue weighted by Crippen LogP contribution is 2.10. The van der Waals surface area contributed by atoms with Crippen molar-refractivity contribution in [2.45, 2.75) is 26.0 Å². The van der Waals surface area contributed by atoms with Gasteiger partial charge < -0.3 is 11.1 Å². The molecule has 0 aliphatic heterocycles. The molecule has 0 rings (SSSR count). The quantitative estimate of drug-likeness (QED) is 0.675. The van der Waals surface area contributed by atoms with E-state index < -0.39 is 21.0 Å². The Hall–Kier alpha value is -0.620. The maximum absolute atomic E-state index is 11.4. The summed E-state index contributed by atoms with van der Waals surface area (Å²) in [4.78, 5) is 11.4. The molecular weight excluding hydrogens is 216 g/mol. The lowest BCUT2D eigenvalue weighted by Gasteiger charge is -2.23. The van der Waals surface area contributed by atoms with E-state index >= 15 is 0 Å². The van der Waals surface area contributed by atoms with Gasteiger partial charge in [0.1, 0.15) is 5.25 Å². The highest BCUT2D eigenvalue weighted by atomic mass is 32.2. The molecule has 0 fully saturated rings. The second-order valence-electron chi connectivity index (χ2n) is 4.56. The molecule has 1 atom stereocenters. The van der Waals surface area contributed by atoms with E-state index in [-0.39, 0.29) is 5.41 Å². The van der Waals surface area contributed by atoms with Gasteiger partial charge in [-0.25, -0.2) is 8.42 Å². The van der Waals surface area contributed by atoms with Crippen LogP contribution in [0.15, 0.2) is 0 Å². The molecule has 0 radical (unpaired) electrons. The minimum Gasteiger partial charge on any atom is -0.354 e. The Labute approximate surface area is 91.3 Å². The molecule has 0 aromatic carbocycles. The minimum absolute atomic E-state index is 0.215. The first-order chi connectivity index (χ1) is 6.60. The number of hydrogen-bond donors (Lipinski definition) is 2. The van der Waals surface area contributed by atoms with Gasteiger partial charge in [-0.1, -0.05) is 13.8 Å². The van der Waals surface area contributed by atoms with E-state index in [1.807, 2.05) is 13.8 Å². The molecule has 0 aliphatic carbocycles. The number of hydrogen-bond acceptors (Lipinski definition) is 4. The number of nitrogens with two attached hydrogens (primary N) is 1. The van der Waals surface area contributed by atoms with Crippen molar-refractivity contribution in [2.24, 2.45) is 11.1 Å². The van der Waals surface area contributed by atoms with Gasteiger partial charge in [-0.05, 0) is 18.9 Å². The van der Waals surface area contributed by atoms with Crippen LogP contribution in [-0.2, 0) is 14.6 Å². The molecule has 90 valence electrons. The van der Waals surface area contributed by atoms with Gasteiger partial charge in [-0.2, -0.15) is 0 Å².